The van der Waals surface area contributed by atoms with E-state index in [1.807, 2.05) is 0 Å². The first-order valence-electron chi connectivity index (χ1n) is 4.63. The zero-order valence-electron chi connectivity index (χ0n) is 7.15. The van der Waals surface area contributed by atoms with Crippen molar-refractivity contribution in [2.24, 2.45) is 0 Å². The van der Waals surface area contributed by atoms with Crippen LogP contribution < -0.4 is 0 Å². The molecule has 1 unspecified atom stereocenters. The van der Waals surface area contributed by atoms with E-state index in [1.165, 1.54) is 27.9 Å². The minimum atomic E-state index is -0.931. The average molecular weight is 168 g/mol. The van der Waals surface area contributed by atoms with Gasteiger partial charge in [-0.15, -0.1) is 6.42 Å². The second kappa shape index (κ2) is 1.42. The van der Waals surface area contributed by atoms with Gasteiger partial charge in [-0.05, 0) is 40.7 Å². The Balaban J connectivity index is 2.06. The first-order valence-corrected chi connectivity index (χ1v) is 4.63. The molecule has 0 aliphatic heterocycles. The summed E-state index contributed by atoms with van der Waals surface area (Å²) in [4.78, 5) is 0. The van der Waals surface area contributed by atoms with E-state index in [-0.39, 0.29) is 0 Å². The Hall–Kier alpha value is -1.26. The van der Waals surface area contributed by atoms with E-state index in [2.05, 4.69) is 5.92 Å². The van der Waals surface area contributed by atoms with Gasteiger partial charge < -0.3 is 5.11 Å². The Morgan fingerprint density at radius 2 is 2.08 bits per heavy atom. The zero-order valence-corrected chi connectivity index (χ0v) is 7.15. The SMILES string of the molecule is C#CC1(O)CC2=C3CC4=C3C2=C1C4. The third kappa shape index (κ3) is 0.410. The van der Waals surface area contributed by atoms with E-state index < -0.39 is 5.60 Å². The van der Waals surface area contributed by atoms with Crippen LogP contribution in [-0.2, 0) is 0 Å². The minimum Gasteiger partial charge on any atom is -0.373 e. The summed E-state index contributed by atoms with van der Waals surface area (Å²) in [5.41, 5.74) is 7.37. The molecule has 0 saturated carbocycles. The van der Waals surface area contributed by atoms with E-state index in [9.17, 15) is 5.11 Å². The topological polar surface area (TPSA) is 20.2 Å². The summed E-state index contributed by atoms with van der Waals surface area (Å²) in [6, 6.07) is 0. The molecule has 4 rings (SSSR count). The van der Waals surface area contributed by atoms with Crippen molar-refractivity contribution >= 4 is 0 Å². The third-order valence-electron chi connectivity index (χ3n) is 3.82. The molecule has 0 fully saturated rings. The molecule has 1 atom stereocenters. The van der Waals surface area contributed by atoms with Crippen molar-refractivity contribution in [3.63, 3.8) is 0 Å². The predicted molar refractivity (Wildman–Crippen MR) is 48.7 cm³/mol. The van der Waals surface area contributed by atoms with Crippen LogP contribution in [0.5, 0.6) is 0 Å². The minimum absolute atomic E-state index is 0.681. The molecule has 0 aromatic rings. The van der Waals surface area contributed by atoms with Gasteiger partial charge in [0.25, 0.3) is 0 Å². The standard InChI is InChI=1S/C12H8O/c1-2-12(13)5-8-7-3-6-4-9(12)11(8)10(6)7/h1,13H,3-5H2. The Bertz CT molecular complexity index is 508. The highest BCUT2D eigenvalue weighted by Gasteiger charge is 2.55. The molecule has 0 heterocycles. The van der Waals surface area contributed by atoms with Crippen molar-refractivity contribution in [3.8, 4) is 12.3 Å². The maximum Gasteiger partial charge on any atom is 0.151 e. The van der Waals surface area contributed by atoms with E-state index in [1.54, 1.807) is 0 Å². The van der Waals surface area contributed by atoms with Crippen LogP contribution in [0.1, 0.15) is 19.3 Å². The highest BCUT2D eigenvalue weighted by atomic mass is 16.3. The van der Waals surface area contributed by atoms with Crippen molar-refractivity contribution in [1.29, 1.82) is 0 Å². The zero-order chi connectivity index (χ0) is 8.79. The average Bonchev–Trinajstić information content (AvgIpc) is 2.34. The van der Waals surface area contributed by atoms with Gasteiger partial charge in [0.15, 0.2) is 5.60 Å². The fourth-order valence-corrected chi connectivity index (χ4v) is 3.16. The second-order valence-electron chi connectivity index (χ2n) is 4.32. The third-order valence-corrected chi connectivity index (χ3v) is 3.82. The highest BCUT2D eigenvalue weighted by Crippen LogP contribution is 2.67. The number of terminal acetylenes is 1. The normalized spacial score (nSPS) is 37.5. The van der Waals surface area contributed by atoms with Crippen LogP contribution in [0.4, 0.5) is 0 Å². The molecule has 0 saturated heterocycles. The summed E-state index contributed by atoms with van der Waals surface area (Å²) in [5.74, 6) is 2.55. The van der Waals surface area contributed by atoms with Gasteiger partial charge in [0, 0.05) is 6.42 Å². The molecule has 0 spiro atoms. The van der Waals surface area contributed by atoms with Crippen LogP contribution in [0.15, 0.2) is 33.4 Å². The lowest BCUT2D eigenvalue weighted by molar-refractivity contribution is 0.145. The Morgan fingerprint density at radius 1 is 1.23 bits per heavy atom. The molecule has 0 radical (unpaired) electrons. The van der Waals surface area contributed by atoms with Gasteiger partial charge in [-0.25, -0.2) is 0 Å². The number of allylic oxidation sites excluding steroid dienone is 4. The quantitative estimate of drug-likeness (QED) is 0.543. The van der Waals surface area contributed by atoms with Crippen LogP contribution >= 0.6 is 0 Å². The van der Waals surface area contributed by atoms with Gasteiger partial charge in [0.1, 0.15) is 0 Å². The second-order valence-corrected chi connectivity index (χ2v) is 4.32. The molecule has 4 aliphatic rings. The molecule has 0 bridgehead atoms. The number of hydrogen-bond acceptors (Lipinski definition) is 1. The van der Waals surface area contributed by atoms with Gasteiger partial charge >= 0.3 is 0 Å². The number of hydrogen-bond donors (Lipinski definition) is 1. The van der Waals surface area contributed by atoms with E-state index in [0.29, 0.717) is 6.42 Å². The van der Waals surface area contributed by atoms with Crippen molar-refractivity contribution in [1.82, 2.24) is 0 Å². The predicted octanol–water partition coefficient (Wildman–Crippen LogP) is 1.47. The van der Waals surface area contributed by atoms with Gasteiger partial charge in [0.2, 0.25) is 0 Å². The summed E-state index contributed by atoms with van der Waals surface area (Å²) in [6.07, 6.45) is 8.18. The van der Waals surface area contributed by atoms with Crippen molar-refractivity contribution in [3.05, 3.63) is 33.4 Å². The summed E-state index contributed by atoms with van der Waals surface area (Å²) in [7, 11) is 0. The summed E-state index contributed by atoms with van der Waals surface area (Å²) < 4.78 is 0. The smallest absolute Gasteiger partial charge is 0.151 e. The van der Waals surface area contributed by atoms with E-state index in [4.69, 9.17) is 6.42 Å². The van der Waals surface area contributed by atoms with Crippen LogP contribution in [0.25, 0.3) is 0 Å². The van der Waals surface area contributed by atoms with Crippen LogP contribution in [0.3, 0.4) is 0 Å². The van der Waals surface area contributed by atoms with Crippen LogP contribution in [0, 0.1) is 12.3 Å². The Morgan fingerprint density at radius 3 is 2.85 bits per heavy atom. The Kier molecular flexibility index (Phi) is 0.683. The van der Waals surface area contributed by atoms with Gasteiger partial charge in [-0.1, -0.05) is 11.5 Å². The monoisotopic (exact) mass is 168 g/mol. The lowest BCUT2D eigenvalue weighted by Crippen LogP contribution is -2.28. The molecule has 4 aliphatic carbocycles. The number of rotatable bonds is 0. The fraction of sp³-hybridized carbons (Fsp3) is 0.333. The van der Waals surface area contributed by atoms with Gasteiger partial charge in [-0.3, -0.25) is 0 Å². The first kappa shape index (κ1) is 6.23. The lowest BCUT2D eigenvalue weighted by Gasteiger charge is -2.37. The molecule has 0 amide bonds. The molecular formula is C12H8O. The molecule has 0 aromatic carbocycles. The van der Waals surface area contributed by atoms with Crippen molar-refractivity contribution in [2.45, 2.75) is 24.9 Å². The van der Waals surface area contributed by atoms with Gasteiger partial charge in [-0.2, -0.15) is 0 Å². The molecule has 1 N–H and O–H groups in total. The maximum absolute atomic E-state index is 10.2. The molecule has 1 heteroatoms. The number of aliphatic hydroxyl groups is 1. The largest absolute Gasteiger partial charge is 0.373 e. The van der Waals surface area contributed by atoms with E-state index >= 15 is 0 Å². The molecule has 1 nitrogen and oxygen atoms in total. The summed E-state index contributed by atoms with van der Waals surface area (Å²) >= 11 is 0. The Labute approximate surface area is 76.5 Å². The van der Waals surface area contributed by atoms with Crippen LogP contribution in [0.2, 0.25) is 0 Å². The molecule has 62 valence electrons. The van der Waals surface area contributed by atoms with Crippen molar-refractivity contribution in [2.75, 3.05) is 0 Å². The molecular weight excluding hydrogens is 160 g/mol. The van der Waals surface area contributed by atoms with Gasteiger partial charge in [0.05, 0.1) is 0 Å². The first-order chi connectivity index (χ1) is 6.24. The fourth-order valence-electron chi connectivity index (χ4n) is 3.16. The van der Waals surface area contributed by atoms with E-state index in [0.717, 1.165) is 18.4 Å². The maximum atomic E-state index is 10.2. The lowest BCUT2D eigenvalue weighted by atomic mass is 9.67. The van der Waals surface area contributed by atoms with Crippen molar-refractivity contribution < 1.29 is 5.11 Å². The van der Waals surface area contributed by atoms with Crippen LogP contribution in [-0.4, -0.2) is 10.7 Å². The summed E-state index contributed by atoms with van der Waals surface area (Å²) in [5, 5.41) is 10.2. The highest BCUT2D eigenvalue weighted by molar-refractivity contribution is 5.86. The summed E-state index contributed by atoms with van der Waals surface area (Å²) in [6.45, 7) is 0. The molecule has 0 aromatic heterocycles. The molecule has 13 heavy (non-hydrogen) atoms.